The number of carbonyl (C=O) groups excluding carboxylic acids is 1. The van der Waals surface area contributed by atoms with E-state index in [2.05, 4.69) is 39.0 Å². The number of hydrogen-bond acceptors (Lipinski definition) is 8. The fourth-order valence-corrected chi connectivity index (χ4v) is 5.24. The third kappa shape index (κ3) is 9.67. The van der Waals surface area contributed by atoms with Gasteiger partial charge < -0.3 is 15.1 Å². The Labute approximate surface area is 284 Å². The number of H-pyrrole nitrogens is 1. The number of carboxylic acids is 2. The Morgan fingerprint density at radius 2 is 1.57 bits per heavy atom. The number of likely N-dealkylation sites (tertiary alicyclic amines) is 1. The van der Waals surface area contributed by atoms with Crippen LogP contribution in [0.1, 0.15) is 20.3 Å². The predicted octanol–water partition coefficient (Wildman–Crippen LogP) is 4.76. The molecule has 0 saturated carbocycles. The molecule has 2 fully saturated rings. The minimum atomic E-state index is -5.08. The maximum absolute atomic E-state index is 13.6. The van der Waals surface area contributed by atoms with Gasteiger partial charge in [0.25, 0.3) is 0 Å². The number of carbonyl (C=O) groups is 3. The van der Waals surface area contributed by atoms with Gasteiger partial charge in [-0.05, 0) is 24.0 Å². The lowest BCUT2D eigenvalue weighted by Gasteiger charge is -2.25. The van der Waals surface area contributed by atoms with Crippen LogP contribution in [0, 0.1) is 5.92 Å². The van der Waals surface area contributed by atoms with Crippen molar-refractivity contribution in [3.63, 3.8) is 0 Å². The normalized spacial score (nSPS) is 18.1. The molecule has 0 bridgehead atoms. The van der Waals surface area contributed by atoms with Gasteiger partial charge in [-0.2, -0.15) is 36.5 Å². The van der Waals surface area contributed by atoms with Crippen LogP contribution in [-0.4, -0.2) is 125 Å². The number of hydrogen-bond donors (Lipinski definition) is 3. The number of urea groups is 1. The number of anilines is 1. The highest BCUT2D eigenvalue weighted by atomic mass is 19.4. The van der Waals surface area contributed by atoms with Gasteiger partial charge in [0.15, 0.2) is 11.5 Å². The van der Waals surface area contributed by atoms with E-state index in [0.29, 0.717) is 49.9 Å². The molecule has 5 heterocycles. The minimum absolute atomic E-state index is 0.00233. The first-order valence-corrected chi connectivity index (χ1v) is 15.2. The third-order valence-electron chi connectivity index (χ3n) is 7.86. The molecule has 0 radical (unpaired) electrons. The second-order valence-electron chi connectivity index (χ2n) is 11.7. The molecular weight excluding hydrogens is 699 g/mol. The molecule has 0 aliphatic carbocycles. The number of alkyl halides is 7. The van der Waals surface area contributed by atoms with Crippen LogP contribution in [0.2, 0.25) is 0 Å². The van der Waals surface area contributed by atoms with Crippen LogP contribution in [0.25, 0.3) is 28.2 Å². The Bertz CT molecular complexity index is 1770. The highest BCUT2D eigenvalue weighted by Crippen LogP contribution is 2.31. The SMILES string of the molecule is CC(C)[C@H]1CN(CCN2CC[C@@H](F)C2)C(=O)N1c1ccn2ncc(-c3ccc(-c4ncn[nH]4)cc3)c2n1.O=C(O)C(F)(F)F.O=C(O)C(F)(F)F. The number of nitrogens with one attached hydrogen (secondary N) is 1. The Kier molecular flexibility index (Phi) is 11.8. The van der Waals surface area contributed by atoms with Gasteiger partial charge in [0, 0.05) is 50.0 Å². The number of aromatic nitrogens is 6. The van der Waals surface area contributed by atoms with Crippen molar-refractivity contribution in [1.29, 1.82) is 0 Å². The van der Waals surface area contributed by atoms with Gasteiger partial charge in [0.2, 0.25) is 0 Å². The zero-order valence-corrected chi connectivity index (χ0v) is 26.9. The van der Waals surface area contributed by atoms with Crippen LogP contribution in [0.4, 0.5) is 41.3 Å². The zero-order valence-electron chi connectivity index (χ0n) is 26.9. The summed E-state index contributed by atoms with van der Waals surface area (Å²) in [6, 6.07) is 9.76. The zero-order chi connectivity index (χ0) is 37.7. The smallest absolute Gasteiger partial charge is 0.475 e. The molecule has 276 valence electrons. The number of fused-ring (bicyclic) bond motifs is 1. The molecule has 2 aliphatic rings. The molecule has 21 heteroatoms. The molecule has 0 unspecified atom stereocenters. The molecule has 3 aromatic heterocycles. The summed E-state index contributed by atoms with van der Waals surface area (Å²) in [4.78, 5) is 46.3. The predicted molar refractivity (Wildman–Crippen MR) is 165 cm³/mol. The topological polar surface area (TPSA) is 173 Å². The number of benzene rings is 1. The number of amides is 2. The summed E-state index contributed by atoms with van der Waals surface area (Å²) in [6.07, 6.45) is -5.22. The number of halogens is 7. The summed E-state index contributed by atoms with van der Waals surface area (Å²) in [6.45, 7) is 7.37. The van der Waals surface area contributed by atoms with Crippen LogP contribution < -0.4 is 4.90 Å². The lowest BCUT2D eigenvalue weighted by atomic mass is 10.0. The molecule has 6 rings (SSSR count). The van der Waals surface area contributed by atoms with E-state index >= 15 is 0 Å². The van der Waals surface area contributed by atoms with Gasteiger partial charge in [-0.1, -0.05) is 38.1 Å². The standard InChI is InChI=1S/C26H30FN9O.2C2HF3O2/c1-17(2)22-15-34(12-11-33-9-7-20(27)14-33)26(37)36(22)23-8-10-35-25(31-23)21(13-30-35)18-3-5-19(6-4-18)24-28-16-29-32-24;2*3-2(4,5)1(6)7/h3-6,8,10,13,16-17,20,22H,7,9,11-12,14-15H2,1-2H3,(H,28,29,32);2*(H,6,7)/t20-,22-;;/m1../s1. The minimum Gasteiger partial charge on any atom is -0.475 e. The number of aliphatic carboxylic acids is 2. The van der Waals surface area contributed by atoms with Gasteiger partial charge in [0.05, 0.1) is 12.2 Å². The summed E-state index contributed by atoms with van der Waals surface area (Å²) in [5.41, 5.74) is 3.47. The third-order valence-corrected chi connectivity index (χ3v) is 7.86. The average molecular weight is 732 g/mol. The monoisotopic (exact) mass is 731 g/mol. The van der Waals surface area contributed by atoms with Crippen LogP contribution in [0.15, 0.2) is 49.1 Å². The van der Waals surface area contributed by atoms with E-state index in [4.69, 9.17) is 24.8 Å². The first-order valence-electron chi connectivity index (χ1n) is 15.2. The van der Waals surface area contributed by atoms with Crippen LogP contribution >= 0.6 is 0 Å². The summed E-state index contributed by atoms with van der Waals surface area (Å²) in [5.74, 6) is -3.94. The van der Waals surface area contributed by atoms with Crippen molar-refractivity contribution in [1.82, 2.24) is 39.6 Å². The van der Waals surface area contributed by atoms with Crippen LogP contribution in [-0.2, 0) is 9.59 Å². The molecule has 1 aromatic carbocycles. The fourth-order valence-electron chi connectivity index (χ4n) is 5.24. The number of carboxylic acid groups (broad SMARTS) is 2. The van der Waals surface area contributed by atoms with E-state index in [-0.39, 0.29) is 18.0 Å². The van der Waals surface area contributed by atoms with Crippen molar-refractivity contribution < 1.29 is 55.3 Å². The maximum Gasteiger partial charge on any atom is 0.490 e. The second-order valence-corrected chi connectivity index (χ2v) is 11.7. The summed E-state index contributed by atoms with van der Waals surface area (Å²) >= 11 is 0. The molecule has 2 aliphatic heterocycles. The molecular formula is C30H32F7N9O5. The van der Waals surface area contributed by atoms with Gasteiger partial charge in [-0.25, -0.2) is 33.3 Å². The van der Waals surface area contributed by atoms with E-state index in [1.165, 1.54) is 6.33 Å². The summed E-state index contributed by atoms with van der Waals surface area (Å²) < 4.78 is 78.8. The quantitative estimate of drug-likeness (QED) is 0.225. The molecule has 2 amide bonds. The van der Waals surface area contributed by atoms with Crippen molar-refractivity contribution in [3.8, 4) is 22.5 Å². The van der Waals surface area contributed by atoms with Crippen molar-refractivity contribution >= 4 is 29.4 Å². The van der Waals surface area contributed by atoms with E-state index in [9.17, 15) is 35.5 Å². The van der Waals surface area contributed by atoms with E-state index in [0.717, 1.165) is 23.2 Å². The van der Waals surface area contributed by atoms with Crippen molar-refractivity contribution in [2.45, 2.75) is 44.8 Å². The Balaban J connectivity index is 0.000000353. The fraction of sp³-hybridized carbons (Fsp3) is 0.433. The first kappa shape index (κ1) is 38.5. The Hall–Kier alpha value is -5.34. The largest absolute Gasteiger partial charge is 0.490 e. The second kappa shape index (κ2) is 15.7. The molecule has 2 saturated heterocycles. The molecule has 0 spiro atoms. The Morgan fingerprint density at radius 3 is 2.08 bits per heavy atom. The van der Waals surface area contributed by atoms with Gasteiger partial charge in [-0.15, -0.1) is 0 Å². The van der Waals surface area contributed by atoms with Crippen molar-refractivity contribution in [3.05, 3.63) is 49.1 Å². The molecule has 3 N–H and O–H groups in total. The van der Waals surface area contributed by atoms with E-state index < -0.39 is 30.5 Å². The first-order chi connectivity index (χ1) is 23.9. The maximum atomic E-state index is 13.6. The van der Waals surface area contributed by atoms with Crippen LogP contribution in [0.5, 0.6) is 0 Å². The van der Waals surface area contributed by atoms with E-state index in [1.54, 1.807) is 10.7 Å². The van der Waals surface area contributed by atoms with Gasteiger partial charge in [-0.3, -0.25) is 14.9 Å². The van der Waals surface area contributed by atoms with E-state index in [1.807, 2.05) is 46.3 Å². The average Bonchev–Trinajstić information content (AvgIpc) is 3.87. The molecule has 51 heavy (non-hydrogen) atoms. The lowest BCUT2D eigenvalue weighted by Crippen LogP contribution is -2.39. The van der Waals surface area contributed by atoms with Crippen molar-refractivity contribution in [2.24, 2.45) is 5.92 Å². The Morgan fingerprint density at radius 1 is 0.961 bits per heavy atom. The number of rotatable bonds is 7. The lowest BCUT2D eigenvalue weighted by molar-refractivity contribution is -0.193. The number of aromatic amines is 1. The molecule has 2 atom stereocenters. The van der Waals surface area contributed by atoms with Crippen molar-refractivity contribution in [2.75, 3.05) is 37.6 Å². The van der Waals surface area contributed by atoms with Gasteiger partial charge >= 0.3 is 30.3 Å². The molecule has 14 nitrogen and oxygen atoms in total. The summed E-state index contributed by atoms with van der Waals surface area (Å²) in [5, 5.41) is 25.5. The highest BCUT2D eigenvalue weighted by Gasteiger charge is 2.41. The van der Waals surface area contributed by atoms with Crippen LogP contribution in [0.3, 0.4) is 0 Å². The molecule has 4 aromatic rings. The summed E-state index contributed by atoms with van der Waals surface area (Å²) in [7, 11) is 0. The van der Waals surface area contributed by atoms with Gasteiger partial charge in [0.1, 0.15) is 18.3 Å². The number of nitrogens with zero attached hydrogens (tertiary/aromatic N) is 8. The highest BCUT2D eigenvalue weighted by molar-refractivity contribution is 5.94.